The van der Waals surface area contributed by atoms with Crippen LogP contribution in [0.1, 0.15) is 25.7 Å². The SMILES string of the molecule is [Cl][Au].c1ccc(P(CCCCP(c2ccccn2)c2ccccn2)c2ccccn2)nc1.c1ccc(P(CCCCP(c2ccccn2)c2ccccn2)c2ccccn2)nc1. The van der Waals surface area contributed by atoms with Crippen molar-refractivity contribution in [2.45, 2.75) is 25.7 Å². The first-order valence-corrected chi connectivity index (χ1v) is 29.1. The minimum absolute atomic E-state index is 0.537. The van der Waals surface area contributed by atoms with E-state index < -0.39 is 31.7 Å². The number of aromatic nitrogens is 8. The molecular weight excluding hydrogens is 1040 g/mol. The number of pyridine rings is 8. The molecule has 62 heavy (non-hydrogen) atoms. The largest absolute Gasteiger partial charge is 0.256 e. The molecule has 14 heteroatoms. The fraction of sp³-hybridized carbons (Fsp3) is 0.167. The third-order valence-electron chi connectivity index (χ3n) is 9.43. The predicted octanol–water partition coefficient (Wildman–Crippen LogP) is 7.91. The molecule has 0 unspecified atom stereocenters. The molecule has 0 fully saturated rings. The molecule has 0 saturated carbocycles. The Balaban J connectivity index is 0.000000199. The zero-order valence-corrected chi connectivity index (χ0v) is 40.7. The summed E-state index contributed by atoms with van der Waals surface area (Å²) in [7, 11) is 2.44. The number of nitrogens with zero attached hydrogens (tertiary/aromatic N) is 8. The van der Waals surface area contributed by atoms with Gasteiger partial charge in [-0.05, 0) is 179 Å². The van der Waals surface area contributed by atoms with Crippen molar-refractivity contribution < 1.29 is 20.0 Å². The maximum atomic E-state index is 4.64. The van der Waals surface area contributed by atoms with Crippen LogP contribution in [-0.4, -0.2) is 64.5 Å². The van der Waals surface area contributed by atoms with E-state index in [2.05, 4.69) is 146 Å². The monoisotopic (exact) mass is 1090 g/mol. The van der Waals surface area contributed by atoms with Gasteiger partial charge in [-0.25, -0.2) is 0 Å². The minimum Gasteiger partial charge on any atom is -0.256 e. The van der Waals surface area contributed by atoms with Gasteiger partial charge in [0.15, 0.2) is 0 Å². The number of hydrogen-bond acceptors (Lipinski definition) is 8. The summed E-state index contributed by atoms with van der Waals surface area (Å²) in [6.45, 7) is 0. The molecule has 318 valence electrons. The van der Waals surface area contributed by atoms with E-state index in [1.807, 2.05) is 98.1 Å². The fourth-order valence-electron chi connectivity index (χ4n) is 6.57. The third kappa shape index (κ3) is 15.1. The zero-order valence-electron chi connectivity index (χ0n) is 34.2. The molecule has 8 aromatic rings. The third-order valence-corrected chi connectivity index (χ3v) is 19.0. The van der Waals surface area contributed by atoms with Crippen LogP contribution in [0.5, 0.6) is 0 Å². The molecule has 8 aromatic heterocycles. The molecule has 0 saturated heterocycles. The predicted molar refractivity (Wildman–Crippen MR) is 262 cm³/mol. The Morgan fingerprint density at radius 2 is 0.403 bits per heavy atom. The quantitative estimate of drug-likeness (QED) is 0.0486. The number of hydrogen-bond donors (Lipinski definition) is 0. The molecule has 0 aliphatic rings. The average molecular weight is 1090 g/mol. The van der Waals surface area contributed by atoms with Gasteiger partial charge in [-0.2, -0.15) is 0 Å². The van der Waals surface area contributed by atoms with Crippen LogP contribution in [0.3, 0.4) is 0 Å². The van der Waals surface area contributed by atoms with Gasteiger partial charge in [0.25, 0.3) is 0 Å². The Hall–Kier alpha value is -4.05. The van der Waals surface area contributed by atoms with E-state index in [4.69, 9.17) is 0 Å². The maximum Gasteiger partial charge on any atom is 0.0692 e. The summed E-state index contributed by atoms with van der Waals surface area (Å²) in [5, 5.41) is 0. The van der Waals surface area contributed by atoms with Crippen molar-refractivity contribution in [2.75, 3.05) is 24.6 Å². The summed E-state index contributed by atoms with van der Waals surface area (Å²) >= 11 is 1.75. The number of halogens is 1. The molecule has 0 radical (unpaired) electrons. The molecule has 0 N–H and O–H groups in total. The molecule has 0 atom stereocenters. The van der Waals surface area contributed by atoms with Crippen LogP contribution in [0.25, 0.3) is 0 Å². The zero-order chi connectivity index (χ0) is 42.9. The van der Waals surface area contributed by atoms with Crippen LogP contribution in [0.2, 0.25) is 0 Å². The molecule has 8 heterocycles. The average Bonchev–Trinajstić information content (AvgIpc) is 3.37. The Morgan fingerprint density at radius 1 is 0.258 bits per heavy atom. The van der Waals surface area contributed by atoms with Crippen LogP contribution >= 0.6 is 40.9 Å². The molecule has 8 rings (SSSR count). The summed E-state index contributed by atoms with van der Waals surface area (Å²) in [5.41, 5.74) is 9.24. The van der Waals surface area contributed by atoms with E-state index >= 15 is 0 Å². The van der Waals surface area contributed by atoms with E-state index in [0.717, 1.165) is 93.8 Å². The van der Waals surface area contributed by atoms with Crippen LogP contribution in [0, 0.1) is 0 Å². The van der Waals surface area contributed by atoms with E-state index in [9.17, 15) is 0 Å². The van der Waals surface area contributed by atoms with Gasteiger partial charge < -0.3 is 0 Å². The van der Waals surface area contributed by atoms with Gasteiger partial charge in [0.2, 0.25) is 0 Å². The minimum atomic E-state index is -0.537. The standard InChI is InChI=1S/2C24H24N4P2.Au.ClH/c2*1-5-15-25-21(11-1)29(22-12-2-6-16-26-22)19-9-10-20-30(23-13-3-7-17-27-23)24-14-4-8-18-28-24;;/h2*1-8,11-18H,9-10,19-20H2;;1H/q;;+1;/p-1. The van der Waals surface area contributed by atoms with Crippen molar-refractivity contribution in [1.82, 2.24) is 39.9 Å². The van der Waals surface area contributed by atoms with Gasteiger partial charge in [-0.15, -0.1) is 0 Å². The van der Waals surface area contributed by atoms with Gasteiger partial charge in [0.1, 0.15) is 0 Å². The summed E-state index contributed by atoms with van der Waals surface area (Å²) in [4.78, 5) is 37.1. The molecule has 8 nitrogen and oxygen atoms in total. The Labute approximate surface area is 387 Å². The number of unbranched alkanes of at least 4 members (excludes halogenated alkanes) is 2. The Morgan fingerprint density at radius 3 is 0.516 bits per heavy atom. The first-order valence-electron chi connectivity index (χ1n) is 20.3. The Kier molecular flexibility index (Phi) is 21.3. The van der Waals surface area contributed by atoms with Crippen molar-refractivity contribution in [3.63, 3.8) is 0 Å². The van der Waals surface area contributed by atoms with Crippen molar-refractivity contribution in [3.05, 3.63) is 195 Å². The van der Waals surface area contributed by atoms with E-state index in [1.165, 1.54) is 0 Å². The topological polar surface area (TPSA) is 103 Å². The van der Waals surface area contributed by atoms with Gasteiger partial charge in [-0.1, -0.05) is 48.5 Å². The van der Waals surface area contributed by atoms with Crippen LogP contribution < -0.4 is 43.5 Å². The van der Waals surface area contributed by atoms with E-state index in [0.29, 0.717) is 0 Å². The first kappa shape index (κ1) is 47.4. The first-order chi connectivity index (χ1) is 30.8. The molecule has 0 aliphatic heterocycles. The molecule has 0 aliphatic carbocycles. The second-order valence-corrected chi connectivity index (χ2v) is 22.4. The van der Waals surface area contributed by atoms with Crippen molar-refractivity contribution in [2.24, 2.45) is 0 Å². The van der Waals surface area contributed by atoms with Gasteiger partial charge in [0, 0.05) is 49.6 Å². The van der Waals surface area contributed by atoms with E-state index in [-0.39, 0.29) is 0 Å². The summed E-state index contributed by atoms with van der Waals surface area (Å²) in [5.74, 6) is 0. The van der Waals surface area contributed by atoms with E-state index in [1.54, 1.807) is 20.0 Å². The molecule has 0 aromatic carbocycles. The van der Waals surface area contributed by atoms with Crippen molar-refractivity contribution in [1.29, 1.82) is 0 Å². The summed E-state index contributed by atoms with van der Waals surface area (Å²) in [6.07, 6.45) is 24.0. The smallest absolute Gasteiger partial charge is 0.0692 e. The van der Waals surface area contributed by atoms with Gasteiger partial charge in [-0.3, -0.25) is 39.9 Å². The maximum absolute atomic E-state index is 4.64. The number of rotatable bonds is 18. The van der Waals surface area contributed by atoms with Crippen LogP contribution in [0.15, 0.2) is 195 Å². The van der Waals surface area contributed by atoms with Crippen LogP contribution in [-0.2, 0) is 20.0 Å². The Bertz CT molecular complexity index is 1860. The summed E-state index contributed by atoms with van der Waals surface area (Å²) in [6, 6.07) is 49.4. The van der Waals surface area contributed by atoms with Gasteiger partial charge >= 0.3 is 29.2 Å². The molecule has 0 spiro atoms. The fourth-order valence-corrected chi connectivity index (χ4v) is 15.3. The molecule has 0 amide bonds. The normalized spacial score (nSPS) is 10.9. The van der Waals surface area contributed by atoms with Crippen LogP contribution in [0.4, 0.5) is 0 Å². The second kappa shape index (κ2) is 27.9. The second-order valence-electron chi connectivity index (χ2n) is 13.5. The van der Waals surface area contributed by atoms with Crippen molar-refractivity contribution in [3.8, 4) is 0 Å². The summed E-state index contributed by atoms with van der Waals surface area (Å²) < 4.78 is 0. The molecular formula is C48H48AuClN8P4. The molecule has 0 bridgehead atoms. The van der Waals surface area contributed by atoms with Crippen molar-refractivity contribution >= 4 is 84.4 Å². The van der Waals surface area contributed by atoms with Gasteiger partial charge in [0.05, 0.1) is 43.5 Å².